The molecule has 0 aliphatic heterocycles. The molecule has 0 saturated carbocycles. The first kappa shape index (κ1) is 12.8. The van der Waals surface area contributed by atoms with E-state index in [9.17, 15) is 13.2 Å². The van der Waals surface area contributed by atoms with Gasteiger partial charge in [0.2, 0.25) is 0 Å². The van der Waals surface area contributed by atoms with Gasteiger partial charge < -0.3 is 10.5 Å². The summed E-state index contributed by atoms with van der Waals surface area (Å²) < 4.78 is 40.5. The molecule has 0 aliphatic carbocycles. The van der Waals surface area contributed by atoms with Crippen molar-refractivity contribution < 1.29 is 17.9 Å². The molecule has 2 nitrogen and oxygen atoms in total. The van der Waals surface area contributed by atoms with E-state index in [2.05, 4.69) is 4.74 Å². The third kappa shape index (κ3) is 4.10. The second-order valence-corrected chi connectivity index (χ2v) is 3.54. The van der Waals surface area contributed by atoms with E-state index in [-0.39, 0.29) is 5.75 Å². The first-order chi connectivity index (χ1) is 7.42. The molecular formula is C11H14F3NO. The lowest BCUT2D eigenvalue weighted by atomic mass is 10.1. The van der Waals surface area contributed by atoms with Crippen molar-refractivity contribution >= 4 is 0 Å². The van der Waals surface area contributed by atoms with Crippen LogP contribution in [0.3, 0.4) is 0 Å². The molecule has 0 aliphatic rings. The van der Waals surface area contributed by atoms with Gasteiger partial charge in [0.1, 0.15) is 5.75 Å². The van der Waals surface area contributed by atoms with Gasteiger partial charge in [0.25, 0.3) is 0 Å². The lowest BCUT2D eigenvalue weighted by molar-refractivity contribution is -0.153. The standard InChI is InChI=1S/C11H14F3NO/c1-8-6-9(4-5-15)2-3-10(8)16-7-11(12,13)14/h2-3,6H,4-5,7,15H2,1H3. The van der Waals surface area contributed by atoms with Crippen LogP contribution in [0.4, 0.5) is 13.2 Å². The van der Waals surface area contributed by atoms with Gasteiger partial charge in [-0.15, -0.1) is 0 Å². The van der Waals surface area contributed by atoms with E-state index in [1.165, 1.54) is 0 Å². The van der Waals surface area contributed by atoms with Crippen LogP contribution >= 0.6 is 0 Å². The summed E-state index contributed by atoms with van der Waals surface area (Å²) in [7, 11) is 0. The maximum Gasteiger partial charge on any atom is 0.422 e. The highest BCUT2D eigenvalue weighted by atomic mass is 19.4. The Labute approximate surface area is 92.2 Å². The first-order valence-corrected chi connectivity index (χ1v) is 4.91. The maximum absolute atomic E-state index is 11.9. The van der Waals surface area contributed by atoms with Crippen molar-refractivity contribution in [3.05, 3.63) is 29.3 Å². The number of alkyl halides is 3. The van der Waals surface area contributed by atoms with Gasteiger partial charge in [0.05, 0.1) is 0 Å². The van der Waals surface area contributed by atoms with Crippen molar-refractivity contribution in [2.24, 2.45) is 5.73 Å². The van der Waals surface area contributed by atoms with E-state index in [4.69, 9.17) is 5.73 Å². The van der Waals surface area contributed by atoms with Crippen molar-refractivity contribution in [1.29, 1.82) is 0 Å². The summed E-state index contributed by atoms with van der Waals surface area (Å²) in [5.41, 5.74) is 7.07. The van der Waals surface area contributed by atoms with E-state index in [0.29, 0.717) is 18.5 Å². The van der Waals surface area contributed by atoms with Crippen LogP contribution in [0, 0.1) is 6.92 Å². The van der Waals surface area contributed by atoms with E-state index >= 15 is 0 Å². The molecule has 1 aromatic rings. The highest BCUT2D eigenvalue weighted by Crippen LogP contribution is 2.22. The summed E-state index contributed by atoms with van der Waals surface area (Å²) in [4.78, 5) is 0. The Kier molecular flexibility index (Phi) is 4.18. The van der Waals surface area contributed by atoms with Gasteiger partial charge in [0, 0.05) is 0 Å². The molecule has 0 fully saturated rings. The largest absolute Gasteiger partial charge is 0.484 e. The van der Waals surface area contributed by atoms with Crippen LogP contribution in [0.1, 0.15) is 11.1 Å². The fraction of sp³-hybridized carbons (Fsp3) is 0.455. The minimum atomic E-state index is -4.30. The second kappa shape index (κ2) is 5.21. The normalized spacial score (nSPS) is 11.6. The van der Waals surface area contributed by atoms with E-state index < -0.39 is 12.8 Å². The van der Waals surface area contributed by atoms with Crippen LogP contribution in [0.5, 0.6) is 5.75 Å². The molecule has 0 amide bonds. The summed E-state index contributed by atoms with van der Waals surface area (Å²) in [5, 5.41) is 0. The number of rotatable bonds is 4. The Balaban J connectivity index is 2.68. The molecular weight excluding hydrogens is 219 g/mol. The van der Waals surface area contributed by atoms with Crippen molar-refractivity contribution in [2.45, 2.75) is 19.5 Å². The average molecular weight is 233 g/mol. The van der Waals surface area contributed by atoms with Crippen LogP contribution in [0.25, 0.3) is 0 Å². The van der Waals surface area contributed by atoms with Crippen LogP contribution < -0.4 is 10.5 Å². The third-order valence-corrected chi connectivity index (χ3v) is 2.06. The van der Waals surface area contributed by atoms with Crippen LogP contribution in [-0.4, -0.2) is 19.3 Å². The molecule has 1 aromatic carbocycles. The molecule has 90 valence electrons. The minimum absolute atomic E-state index is 0.262. The number of halogens is 3. The lowest BCUT2D eigenvalue weighted by Crippen LogP contribution is -2.19. The minimum Gasteiger partial charge on any atom is -0.484 e. The molecule has 0 atom stereocenters. The Bertz CT molecular complexity index is 350. The van der Waals surface area contributed by atoms with Crippen molar-refractivity contribution in [3.63, 3.8) is 0 Å². The molecule has 0 heterocycles. The van der Waals surface area contributed by atoms with E-state index in [1.807, 2.05) is 0 Å². The first-order valence-electron chi connectivity index (χ1n) is 4.91. The molecule has 0 saturated heterocycles. The van der Waals surface area contributed by atoms with Crippen molar-refractivity contribution in [1.82, 2.24) is 0 Å². The van der Waals surface area contributed by atoms with Gasteiger partial charge >= 0.3 is 6.18 Å². The fourth-order valence-electron chi connectivity index (χ4n) is 1.36. The average Bonchev–Trinajstić information content (AvgIpc) is 2.15. The molecule has 0 radical (unpaired) electrons. The van der Waals surface area contributed by atoms with Crippen molar-refractivity contribution in [2.75, 3.05) is 13.2 Å². The molecule has 0 aromatic heterocycles. The predicted molar refractivity (Wildman–Crippen MR) is 55.5 cm³/mol. The molecule has 16 heavy (non-hydrogen) atoms. The number of benzene rings is 1. The molecule has 0 unspecified atom stereocenters. The van der Waals surface area contributed by atoms with Gasteiger partial charge in [0.15, 0.2) is 6.61 Å². The topological polar surface area (TPSA) is 35.2 Å². The maximum atomic E-state index is 11.9. The number of ether oxygens (including phenoxy) is 1. The highest BCUT2D eigenvalue weighted by molar-refractivity contribution is 5.36. The molecule has 1 rings (SSSR count). The zero-order chi connectivity index (χ0) is 12.2. The zero-order valence-electron chi connectivity index (χ0n) is 8.97. The Hall–Kier alpha value is -1.23. The summed E-state index contributed by atoms with van der Waals surface area (Å²) in [6, 6.07) is 5.07. The highest BCUT2D eigenvalue weighted by Gasteiger charge is 2.28. The number of hydrogen-bond acceptors (Lipinski definition) is 2. The van der Waals surface area contributed by atoms with Gasteiger partial charge in [-0.1, -0.05) is 12.1 Å². The second-order valence-electron chi connectivity index (χ2n) is 3.54. The summed E-state index contributed by atoms with van der Waals surface area (Å²) in [5.74, 6) is 0.262. The Morgan fingerprint density at radius 1 is 1.31 bits per heavy atom. The van der Waals surface area contributed by atoms with E-state index in [1.54, 1.807) is 25.1 Å². The number of hydrogen-bond donors (Lipinski definition) is 1. The van der Waals surface area contributed by atoms with Crippen LogP contribution in [-0.2, 0) is 6.42 Å². The van der Waals surface area contributed by atoms with Crippen LogP contribution in [0.2, 0.25) is 0 Å². The van der Waals surface area contributed by atoms with Gasteiger partial charge in [-0.05, 0) is 37.1 Å². The molecule has 0 spiro atoms. The molecule has 0 bridgehead atoms. The summed E-state index contributed by atoms with van der Waals surface area (Å²) >= 11 is 0. The Morgan fingerprint density at radius 3 is 2.50 bits per heavy atom. The monoisotopic (exact) mass is 233 g/mol. The lowest BCUT2D eigenvalue weighted by Gasteiger charge is -2.12. The van der Waals surface area contributed by atoms with Crippen LogP contribution in [0.15, 0.2) is 18.2 Å². The van der Waals surface area contributed by atoms with Crippen molar-refractivity contribution in [3.8, 4) is 5.75 Å². The molecule has 5 heteroatoms. The molecule has 2 N–H and O–H groups in total. The van der Waals surface area contributed by atoms with E-state index in [0.717, 1.165) is 5.56 Å². The quantitative estimate of drug-likeness (QED) is 0.866. The smallest absolute Gasteiger partial charge is 0.422 e. The third-order valence-electron chi connectivity index (χ3n) is 2.06. The van der Waals surface area contributed by atoms with Gasteiger partial charge in [-0.25, -0.2) is 0 Å². The number of nitrogens with two attached hydrogens (primary N) is 1. The Morgan fingerprint density at radius 2 is 2.00 bits per heavy atom. The summed E-state index contributed by atoms with van der Waals surface area (Å²) in [6.07, 6.45) is -3.59. The predicted octanol–water partition coefficient (Wildman–Crippen LogP) is 2.44. The SMILES string of the molecule is Cc1cc(CCN)ccc1OCC(F)(F)F. The zero-order valence-corrected chi connectivity index (χ0v) is 8.97. The van der Waals surface area contributed by atoms with Gasteiger partial charge in [-0.2, -0.15) is 13.2 Å². The number of aryl methyl sites for hydroxylation is 1. The fourth-order valence-corrected chi connectivity index (χ4v) is 1.36. The summed E-state index contributed by atoms with van der Waals surface area (Å²) in [6.45, 7) is 0.970. The van der Waals surface area contributed by atoms with Gasteiger partial charge in [-0.3, -0.25) is 0 Å².